The first kappa shape index (κ1) is 27.9. The molecule has 0 aliphatic heterocycles. The van der Waals surface area contributed by atoms with Crippen molar-refractivity contribution < 1.29 is 27.9 Å². The monoisotopic (exact) mass is 519 g/mol. The van der Waals surface area contributed by atoms with E-state index in [1.54, 1.807) is 32.9 Å². The zero-order valence-electron chi connectivity index (χ0n) is 21.1. The molecule has 198 valence electrons. The Morgan fingerprint density at radius 1 is 1.14 bits per heavy atom. The van der Waals surface area contributed by atoms with E-state index < -0.39 is 33.9 Å². The molecule has 2 atom stereocenters. The van der Waals surface area contributed by atoms with Crippen molar-refractivity contribution in [1.29, 1.82) is 0 Å². The standard InChI is InChI=1S/C26H37N3O6S/c1-26(2,3)34-25(31)28-23(16-19-10-5-4-6-11-19)24(30)18-29(35-21-13-7-8-14-21)36(32,33)22-15-9-12-20(27)17-22/h4-6,9-12,15,17,21,23-24,30H,7-8,13-14,16,18,27H2,1-3H3,(H,28,31)/t23-,24-/m0/s1. The van der Waals surface area contributed by atoms with Gasteiger partial charge in [0.15, 0.2) is 0 Å². The molecule has 1 fully saturated rings. The molecule has 1 aliphatic rings. The zero-order chi connectivity index (χ0) is 26.3. The molecule has 0 aromatic heterocycles. The minimum absolute atomic E-state index is 0.0348. The maximum absolute atomic E-state index is 13.5. The van der Waals surface area contributed by atoms with Gasteiger partial charge in [-0.2, -0.15) is 0 Å². The van der Waals surface area contributed by atoms with E-state index in [1.807, 2.05) is 30.3 Å². The number of ether oxygens (including phenoxy) is 1. The zero-order valence-corrected chi connectivity index (χ0v) is 21.9. The van der Waals surface area contributed by atoms with Gasteiger partial charge in [0.05, 0.1) is 29.7 Å². The Balaban J connectivity index is 1.86. The fourth-order valence-corrected chi connectivity index (χ4v) is 5.40. The molecule has 10 heteroatoms. The molecule has 0 spiro atoms. The van der Waals surface area contributed by atoms with Crippen LogP contribution in [0.4, 0.5) is 10.5 Å². The summed E-state index contributed by atoms with van der Waals surface area (Å²) >= 11 is 0. The number of aliphatic hydroxyl groups excluding tert-OH is 1. The van der Waals surface area contributed by atoms with E-state index in [0.29, 0.717) is 5.69 Å². The normalized spacial score (nSPS) is 16.6. The van der Waals surface area contributed by atoms with Crippen LogP contribution in [0.15, 0.2) is 59.5 Å². The minimum atomic E-state index is -4.14. The lowest BCUT2D eigenvalue weighted by Crippen LogP contribution is -2.51. The molecule has 36 heavy (non-hydrogen) atoms. The van der Waals surface area contributed by atoms with Crippen molar-refractivity contribution >= 4 is 21.8 Å². The molecule has 3 rings (SSSR count). The van der Waals surface area contributed by atoms with E-state index in [1.165, 1.54) is 12.1 Å². The maximum atomic E-state index is 13.5. The van der Waals surface area contributed by atoms with E-state index in [4.69, 9.17) is 15.3 Å². The fourth-order valence-electron chi connectivity index (χ4n) is 4.04. The van der Waals surface area contributed by atoms with Crippen LogP contribution in [0.1, 0.15) is 52.0 Å². The topological polar surface area (TPSA) is 131 Å². The molecular formula is C26H37N3O6S. The number of carbonyl (C=O) groups excluding carboxylic acids is 1. The number of benzene rings is 2. The summed E-state index contributed by atoms with van der Waals surface area (Å²) < 4.78 is 33.3. The average molecular weight is 520 g/mol. The molecule has 4 N–H and O–H groups in total. The SMILES string of the molecule is CC(C)(C)OC(=O)N[C@@H](Cc1ccccc1)[C@@H](O)CN(OC1CCCC1)S(=O)(=O)c1cccc(N)c1. The Hall–Kier alpha value is -2.66. The van der Waals surface area contributed by atoms with Crippen molar-refractivity contribution in [2.45, 2.75) is 81.6 Å². The Morgan fingerprint density at radius 3 is 2.42 bits per heavy atom. The van der Waals surface area contributed by atoms with Crippen LogP contribution in [-0.4, -0.2) is 54.5 Å². The fraction of sp³-hybridized carbons (Fsp3) is 0.500. The van der Waals surface area contributed by atoms with Gasteiger partial charge >= 0.3 is 6.09 Å². The van der Waals surface area contributed by atoms with Gasteiger partial charge in [0.25, 0.3) is 10.0 Å². The largest absolute Gasteiger partial charge is 0.444 e. The number of amides is 1. The van der Waals surface area contributed by atoms with Crippen molar-refractivity contribution in [3.05, 3.63) is 60.2 Å². The number of hydrogen-bond donors (Lipinski definition) is 3. The summed E-state index contributed by atoms with van der Waals surface area (Å²) in [5, 5.41) is 14.0. The smallest absolute Gasteiger partial charge is 0.407 e. The Labute approximate surface area is 213 Å². The molecular weight excluding hydrogens is 482 g/mol. The van der Waals surface area contributed by atoms with Crippen LogP contribution in [0.25, 0.3) is 0 Å². The highest BCUT2D eigenvalue weighted by Crippen LogP contribution is 2.26. The van der Waals surface area contributed by atoms with Crippen LogP contribution in [0.3, 0.4) is 0 Å². The first-order valence-electron chi connectivity index (χ1n) is 12.2. The van der Waals surface area contributed by atoms with E-state index >= 15 is 0 Å². The van der Waals surface area contributed by atoms with Gasteiger partial charge in [-0.15, -0.1) is 0 Å². The molecule has 0 unspecified atom stereocenters. The second-order valence-electron chi connectivity index (χ2n) is 10.1. The lowest BCUT2D eigenvalue weighted by molar-refractivity contribution is -0.145. The van der Waals surface area contributed by atoms with Crippen molar-refractivity contribution in [3.63, 3.8) is 0 Å². The number of nitrogen functional groups attached to an aromatic ring is 1. The molecule has 0 radical (unpaired) electrons. The summed E-state index contributed by atoms with van der Waals surface area (Å²) in [5.74, 6) is 0. The molecule has 2 aromatic rings. The van der Waals surface area contributed by atoms with E-state index in [2.05, 4.69) is 5.32 Å². The third-order valence-corrected chi connectivity index (χ3v) is 7.41. The van der Waals surface area contributed by atoms with Crippen LogP contribution < -0.4 is 11.1 Å². The summed E-state index contributed by atoms with van der Waals surface area (Å²) in [7, 11) is -4.14. The predicted octanol–water partition coefficient (Wildman–Crippen LogP) is 3.63. The van der Waals surface area contributed by atoms with Crippen molar-refractivity contribution in [2.24, 2.45) is 0 Å². The molecule has 1 amide bonds. The minimum Gasteiger partial charge on any atom is -0.444 e. The summed E-state index contributed by atoms with van der Waals surface area (Å²) in [6, 6.07) is 14.4. The summed E-state index contributed by atoms with van der Waals surface area (Å²) in [4.78, 5) is 18.5. The second kappa shape index (κ2) is 12.1. The van der Waals surface area contributed by atoms with E-state index in [9.17, 15) is 18.3 Å². The summed E-state index contributed by atoms with van der Waals surface area (Å²) in [6.07, 6.45) is 1.31. The van der Waals surface area contributed by atoms with Crippen LogP contribution in [0, 0.1) is 0 Å². The lowest BCUT2D eigenvalue weighted by atomic mass is 10.0. The number of carbonyl (C=O) groups is 1. The van der Waals surface area contributed by atoms with Crippen LogP contribution >= 0.6 is 0 Å². The number of alkyl carbamates (subject to hydrolysis) is 1. The molecule has 1 saturated carbocycles. The van der Waals surface area contributed by atoms with Crippen molar-refractivity contribution in [1.82, 2.24) is 9.79 Å². The van der Waals surface area contributed by atoms with Gasteiger partial charge in [0.2, 0.25) is 0 Å². The summed E-state index contributed by atoms with van der Waals surface area (Å²) in [5.41, 5.74) is 6.25. The number of nitrogens with one attached hydrogen (secondary N) is 1. The second-order valence-corrected chi connectivity index (χ2v) is 11.9. The highest BCUT2D eigenvalue weighted by molar-refractivity contribution is 7.89. The first-order valence-corrected chi connectivity index (χ1v) is 13.6. The van der Waals surface area contributed by atoms with Gasteiger partial charge in [-0.05, 0) is 63.8 Å². The van der Waals surface area contributed by atoms with Crippen molar-refractivity contribution in [3.8, 4) is 0 Å². The number of sulfonamides is 1. The number of hydrogen-bond acceptors (Lipinski definition) is 7. The van der Waals surface area contributed by atoms with Gasteiger partial charge in [-0.3, -0.25) is 4.84 Å². The lowest BCUT2D eigenvalue weighted by Gasteiger charge is -2.31. The van der Waals surface area contributed by atoms with Gasteiger partial charge in [-0.25, -0.2) is 13.2 Å². The van der Waals surface area contributed by atoms with Gasteiger partial charge in [0.1, 0.15) is 5.60 Å². The maximum Gasteiger partial charge on any atom is 0.407 e. The van der Waals surface area contributed by atoms with Gasteiger partial charge in [-0.1, -0.05) is 53.7 Å². The average Bonchev–Trinajstić information content (AvgIpc) is 3.31. The molecule has 2 aromatic carbocycles. The number of anilines is 1. The summed E-state index contributed by atoms with van der Waals surface area (Å²) in [6.45, 7) is 4.83. The molecule has 0 heterocycles. The molecule has 0 saturated heterocycles. The quantitative estimate of drug-likeness (QED) is 0.323. The molecule has 1 aliphatic carbocycles. The van der Waals surface area contributed by atoms with Gasteiger partial charge in [0, 0.05) is 5.69 Å². The Morgan fingerprint density at radius 2 is 1.81 bits per heavy atom. The number of aliphatic hydroxyl groups is 1. The third-order valence-electron chi connectivity index (χ3n) is 5.79. The van der Waals surface area contributed by atoms with Crippen LogP contribution in [0.5, 0.6) is 0 Å². The third kappa shape index (κ3) is 8.19. The number of rotatable bonds is 10. The molecule has 0 bridgehead atoms. The first-order chi connectivity index (χ1) is 16.9. The van der Waals surface area contributed by atoms with E-state index in [0.717, 1.165) is 35.7 Å². The van der Waals surface area contributed by atoms with Crippen LogP contribution in [-0.2, 0) is 26.0 Å². The van der Waals surface area contributed by atoms with Crippen LogP contribution in [0.2, 0.25) is 0 Å². The van der Waals surface area contributed by atoms with Gasteiger partial charge < -0.3 is 20.9 Å². The number of nitrogens with zero attached hydrogens (tertiary/aromatic N) is 1. The number of hydroxylamine groups is 1. The van der Waals surface area contributed by atoms with E-state index in [-0.39, 0.29) is 24.0 Å². The Bertz CT molecular complexity index is 1100. The molecule has 9 nitrogen and oxygen atoms in total. The highest BCUT2D eigenvalue weighted by Gasteiger charge is 2.35. The number of nitrogens with two attached hydrogens (primary N) is 1. The van der Waals surface area contributed by atoms with Crippen molar-refractivity contribution in [2.75, 3.05) is 12.3 Å². The highest BCUT2D eigenvalue weighted by atomic mass is 32.2. The predicted molar refractivity (Wildman–Crippen MR) is 137 cm³/mol. The Kier molecular flexibility index (Phi) is 9.35.